The number of esters is 1. The molecule has 0 aliphatic rings. The van der Waals surface area contributed by atoms with Crippen LogP contribution < -0.4 is 0 Å². The van der Waals surface area contributed by atoms with Crippen molar-refractivity contribution in [3.05, 3.63) is 0 Å². The maximum absolute atomic E-state index is 12.9. The third-order valence-electron chi connectivity index (χ3n) is 3.03. The fourth-order valence-electron chi connectivity index (χ4n) is 1.77. The number of unbranched alkanes of at least 4 members (excludes halogenated alkanes) is 1. The molecular weight excluding hydrogens is 419 g/mol. The monoisotopic (exact) mass is 448 g/mol. The summed E-state index contributed by atoms with van der Waals surface area (Å²) in [5, 5.41) is 0.342. The summed E-state index contributed by atoms with van der Waals surface area (Å²) in [6.45, 7) is 7.56. The molecule has 0 aromatic carbocycles. The van der Waals surface area contributed by atoms with Gasteiger partial charge in [-0.1, -0.05) is 29.3 Å². The van der Waals surface area contributed by atoms with E-state index in [2.05, 4.69) is 15.9 Å². The van der Waals surface area contributed by atoms with E-state index in [1.54, 1.807) is 20.8 Å². The summed E-state index contributed by atoms with van der Waals surface area (Å²) in [5.41, 5.74) is -0.608. The molecule has 0 fully saturated rings. The van der Waals surface area contributed by atoms with Gasteiger partial charge in [0.25, 0.3) is 0 Å². The molecule has 0 aliphatic carbocycles. The van der Waals surface area contributed by atoms with Crippen LogP contribution in [0.2, 0.25) is 0 Å². The van der Waals surface area contributed by atoms with Gasteiger partial charge in [0.15, 0.2) is 9.84 Å². The van der Waals surface area contributed by atoms with Gasteiger partial charge in [-0.3, -0.25) is 9.36 Å². The Labute approximate surface area is 154 Å². The number of halogens is 1. The summed E-state index contributed by atoms with van der Waals surface area (Å²) in [4.78, 5) is 11.8. The zero-order valence-electron chi connectivity index (χ0n) is 15.0. The van der Waals surface area contributed by atoms with Crippen LogP contribution in [0, 0.1) is 0 Å². The molecule has 0 saturated carbocycles. The van der Waals surface area contributed by atoms with E-state index in [1.807, 2.05) is 6.92 Å². The van der Waals surface area contributed by atoms with Gasteiger partial charge in [0.05, 0.1) is 24.5 Å². The first-order valence-electron chi connectivity index (χ1n) is 8.14. The van der Waals surface area contributed by atoms with Crippen molar-refractivity contribution in [2.45, 2.75) is 52.6 Å². The summed E-state index contributed by atoms with van der Waals surface area (Å²) in [6.07, 6.45) is 1.53. The molecule has 0 spiro atoms. The lowest BCUT2D eigenvalue weighted by molar-refractivity contribution is -0.154. The van der Waals surface area contributed by atoms with Crippen molar-refractivity contribution in [1.29, 1.82) is 0 Å². The number of carbonyl (C=O) groups is 1. The summed E-state index contributed by atoms with van der Waals surface area (Å²) < 4.78 is 47.3. The van der Waals surface area contributed by atoms with Crippen molar-refractivity contribution in [2.24, 2.45) is 0 Å². The van der Waals surface area contributed by atoms with Gasteiger partial charge < -0.3 is 9.26 Å². The average Bonchev–Trinajstić information content (AvgIpc) is 2.42. The van der Waals surface area contributed by atoms with Crippen molar-refractivity contribution < 1.29 is 27.0 Å². The van der Waals surface area contributed by atoms with Crippen molar-refractivity contribution in [3.63, 3.8) is 0 Å². The van der Waals surface area contributed by atoms with Gasteiger partial charge in [-0.05, 0) is 27.2 Å². The molecule has 24 heavy (non-hydrogen) atoms. The Hall–Kier alpha value is 0.0900. The van der Waals surface area contributed by atoms with E-state index in [-0.39, 0.29) is 30.3 Å². The number of hydrogen-bond acceptors (Lipinski definition) is 6. The first kappa shape index (κ1) is 24.1. The average molecular weight is 449 g/mol. The first-order chi connectivity index (χ1) is 10.9. The Bertz CT molecular complexity index is 527. The van der Waals surface area contributed by atoms with E-state index in [4.69, 9.17) is 9.26 Å². The molecule has 0 amide bonds. The van der Waals surface area contributed by atoms with Gasteiger partial charge in [-0.15, -0.1) is 0 Å². The minimum Gasteiger partial charge on any atom is -0.460 e. The highest BCUT2D eigenvalue weighted by Crippen LogP contribution is 2.47. The molecule has 0 aromatic heterocycles. The standard InChI is InChI=1S/C15H30BrO6PS/c1-5-6-9-21-23(18,11-13-24(19,20)12-8-16)10-7-14(17)22-15(2,3)4/h5-13H2,1-4H3. The van der Waals surface area contributed by atoms with E-state index in [0.29, 0.717) is 11.9 Å². The second-order valence-corrected chi connectivity index (χ2v) is 12.5. The quantitative estimate of drug-likeness (QED) is 0.196. The zero-order chi connectivity index (χ0) is 18.9. The second-order valence-electron chi connectivity index (χ2n) is 6.63. The van der Waals surface area contributed by atoms with Crippen molar-refractivity contribution in [3.8, 4) is 0 Å². The topological polar surface area (TPSA) is 86.7 Å². The molecule has 0 saturated heterocycles. The number of carbonyl (C=O) groups excluding carboxylic acids is 1. The second kappa shape index (κ2) is 10.9. The Morgan fingerprint density at radius 1 is 1.17 bits per heavy atom. The van der Waals surface area contributed by atoms with E-state index < -0.39 is 28.8 Å². The van der Waals surface area contributed by atoms with Gasteiger partial charge >= 0.3 is 5.97 Å². The zero-order valence-corrected chi connectivity index (χ0v) is 18.3. The number of hydrogen-bond donors (Lipinski definition) is 0. The molecular formula is C15H30BrO6PS. The third kappa shape index (κ3) is 12.5. The maximum atomic E-state index is 12.9. The highest BCUT2D eigenvalue weighted by atomic mass is 79.9. The molecule has 0 bridgehead atoms. The molecule has 0 aromatic rings. The highest BCUT2D eigenvalue weighted by molar-refractivity contribution is 9.09. The minimum absolute atomic E-state index is 0.00593. The SMILES string of the molecule is CCCCOP(=O)(CCC(=O)OC(C)(C)C)CCS(=O)(=O)CCBr. The van der Waals surface area contributed by atoms with Gasteiger partial charge in [-0.2, -0.15) is 0 Å². The van der Waals surface area contributed by atoms with Crippen molar-refractivity contribution >= 4 is 39.1 Å². The minimum atomic E-state index is -3.28. The molecule has 6 nitrogen and oxygen atoms in total. The Morgan fingerprint density at radius 2 is 1.79 bits per heavy atom. The summed E-state index contributed by atoms with van der Waals surface area (Å²) in [6, 6.07) is 0. The van der Waals surface area contributed by atoms with Crippen LogP contribution in [0.5, 0.6) is 0 Å². The van der Waals surface area contributed by atoms with E-state index in [9.17, 15) is 17.8 Å². The van der Waals surface area contributed by atoms with E-state index in [0.717, 1.165) is 12.8 Å². The van der Waals surface area contributed by atoms with Gasteiger partial charge in [0.2, 0.25) is 7.37 Å². The van der Waals surface area contributed by atoms with Crippen LogP contribution in [0.1, 0.15) is 47.0 Å². The fourth-order valence-corrected chi connectivity index (χ4v) is 7.38. The van der Waals surface area contributed by atoms with Crippen LogP contribution >= 0.6 is 23.3 Å². The number of alkyl halides is 1. The van der Waals surface area contributed by atoms with Crippen LogP contribution in [0.4, 0.5) is 0 Å². The third-order valence-corrected chi connectivity index (χ3v) is 8.37. The summed E-state index contributed by atoms with van der Waals surface area (Å²) in [5.74, 6) is -0.658. The maximum Gasteiger partial charge on any atom is 0.306 e. The normalized spacial score (nSPS) is 15.0. The van der Waals surface area contributed by atoms with Crippen LogP contribution in [0.25, 0.3) is 0 Å². The Morgan fingerprint density at radius 3 is 2.29 bits per heavy atom. The molecule has 1 unspecified atom stereocenters. The molecule has 0 rings (SSSR count). The number of sulfone groups is 1. The number of ether oxygens (including phenoxy) is 1. The Balaban J connectivity index is 4.76. The molecule has 0 N–H and O–H groups in total. The molecule has 144 valence electrons. The molecule has 0 aliphatic heterocycles. The van der Waals surface area contributed by atoms with Crippen LogP contribution in [0.15, 0.2) is 0 Å². The molecule has 9 heteroatoms. The van der Waals surface area contributed by atoms with Crippen molar-refractivity contribution in [2.75, 3.05) is 35.8 Å². The predicted molar refractivity (Wildman–Crippen MR) is 101 cm³/mol. The fraction of sp³-hybridized carbons (Fsp3) is 0.933. The van der Waals surface area contributed by atoms with Gasteiger partial charge in [-0.25, -0.2) is 8.42 Å². The largest absolute Gasteiger partial charge is 0.460 e. The van der Waals surface area contributed by atoms with Crippen LogP contribution in [0.3, 0.4) is 0 Å². The van der Waals surface area contributed by atoms with Crippen molar-refractivity contribution in [1.82, 2.24) is 0 Å². The van der Waals surface area contributed by atoms with Gasteiger partial charge in [0.1, 0.15) is 5.60 Å². The smallest absolute Gasteiger partial charge is 0.306 e. The molecule has 0 radical (unpaired) electrons. The van der Waals surface area contributed by atoms with E-state index in [1.165, 1.54) is 0 Å². The van der Waals surface area contributed by atoms with Crippen LogP contribution in [-0.4, -0.2) is 55.8 Å². The van der Waals surface area contributed by atoms with Gasteiger partial charge in [0, 0.05) is 17.7 Å². The lowest BCUT2D eigenvalue weighted by Gasteiger charge is -2.21. The first-order valence-corrected chi connectivity index (χ1v) is 13.1. The summed E-state index contributed by atoms with van der Waals surface area (Å²) in [7, 11) is -6.46. The lowest BCUT2D eigenvalue weighted by Crippen LogP contribution is -2.24. The van der Waals surface area contributed by atoms with Crippen LogP contribution in [-0.2, 0) is 28.5 Å². The molecule has 0 heterocycles. The summed E-state index contributed by atoms with van der Waals surface area (Å²) >= 11 is 3.09. The number of rotatable bonds is 12. The highest BCUT2D eigenvalue weighted by Gasteiger charge is 2.28. The lowest BCUT2D eigenvalue weighted by atomic mass is 10.2. The van der Waals surface area contributed by atoms with E-state index >= 15 is 0 Å². The molecule has 1 atom stereocenters. The predicted octanol–water partition coefficient (Wildman–Crippen LogP) is 3.62. The Kier molecular flexibility index (Phi) is 11.0.